The second-order valence-electron chi connectivity index (χ2n) is 1.38. The first kappa shape index (κ1) is 12.5. The van der Waals surface area contributed by atoms with E-state index < -0.39 is 0 Å². The molecular formula is C5H7Cl3N2. The third kappa shape index (κ3) is 3.11. The van der Waals surface area contributed by atoms with Gasteiger partial charge in [0.25, 0.3) is 0 Å². The minimum absolute atomic E-state index is 0. The summed E-state index contributed by atoms with van der Waals surface area (Å²) in [6.45, 7) is 0. The highest BCUT2D eigenvalue weighted by Gasteiger charge is 1.89. The zero-order valence-corrected chi connectivity index (χ0v) is 7.34. The predicted molar refractivity (Wildman–Crippen MR) is 48.2 cm³/mol. The van der Waals surface area contributed by atoms with Gasteiger partial charge in [-0.1, -0.05) is 11.6 Å². The highest BCUT2D eigenvalue weighted by molar-refractivity contribution is 6.31. The Kier molecular flexibility index (Phi) is 6.99. The van der Waals surface area contributed by atoms with Gasteiger partial charge in [0.05, 0.1) is 5.69 Å². The summed E-state index contributed by atoms with van der Waals surface area (Å²) in [5.74, 6) is 0. The van der Waals surface area contributed by atoms with Gasteiger partial charge in [0.1, 0.15) is 0 Å². The van der Waals surface area contributed by atoms with Crippen LogP contribution in [-0.2, 0) is 0 Å². The van der Waals surface area contributed by atoms with Crippen molar-refractivity contribution < 1.29 is 0 Å². The average Bonchev–Trinajstić information content (AvgIpc) is 1.77. The van der Waals surface area contributed by atoms with Gasteiger partial charge < -0.3 is 5.73 Å². The van der Waals surface area contributed by atoms with Crippen LogP contribution in [0.25, 0.3) is 0 Å². The second kappa shape index (κ2) is 5.59. The number of nitrogens with two attached hydrogens (primary N) is 1. The fourth-order valence-electron chi connectivity index (χ4n) is 0.398. The molecule has 0 saturated carbocycles. The summed E-state index contributed by atoms with van der Waals surface area (Å²) in [5, 5.41) is 0.368. The number of nitrogens with zero attached hydrogens (tertiary/aromatic N) is 1. The molecular weight excluding hydrogens is 194 g/mol. The monoisotopic (exact) mass is 200 g/mol. The summed E-state index contributed by atoms with van der Waals surface area (Å²) < 4.78 is 0. The highest BCUT2D eigenvalue weighted by Crippen LogP contribution is 2.11. The molecule has 0 aromatic carbocycles. The Morgan fingerprint density at radius 1 is 1.40 bits per heavy atom. The van der Waals surface area contributed by atoms with Gasteiger partial charge in [0, 0.05) is 6.20 Å². The standard InChI is InChI=1S/C5H5ClN2.2ClH/c6-5-4(7)2-1-3-8-5;;/h1-3H,7H2;2*1H. The van der Waals surface area contributed by atoms with E-state index in [-0.39, 0.29) is 24.8 Å². The summed E-state index contributed by atoms with van der Waals surface area (Å²) in [7, 11) is 0. The highest BCUT2D eigenvalue weighted by atomic mass is 35.5. The van der Waals surface area contributed by atoms with Gasteiger partial charge in [0.15, 0.2) is 5.15 Å². The Labute approximate surface area is 76.6 Å². The van der Waals surface area contributed by atoms with Gasteiger partial charge in [-0.25, -0.2) is 4.98 Å². The van der Waals surface area contributed by atoms with E-state index in [2.05, 4.69) is 4.98 Å². The van der Waals surface area contributed by atoms with Gasteiger partial charge in [-0.3, -0.25) is 0 Å². The fraction of sp³-hybridized carbons (Fsp3) is 0. The van der Waals surface area contributed by atoms with E-state index >= 15 is 0 Å². The first-order valence-corrected chi connectivity index (χ1v) is 2.54. The van der Waals surface area contributed by atoms with Crippen molar-refractivity contribution in [2.24, 2.45) is 0 Å². The molecule has 0 radical (unpaired) electrons. The van der Waals surface area contributed by atoms with E-state index in [1.54, 1.807) is 18.3 Å². The van der Waals surface area contributed by atoms with Crippen molar-refractivity contribution in [2.45, 2.75) is 0 Å². The van der Waals surface area contributed by atoms with Crippen LogP contribution in [-0.4, -0.2) is 4.98 Å². The maximum Gasteiger partial charge on any atom is 0.151 e. The van der Waals surface area contributed by atoms with Crippen LogP contribution < -0.4 is 5.73 Å². The van der Waals surface area contributed by atoms with Gasteiger partial charge in [-0.15, -0.1) is 24.8 Å². The lowest BCUT2D eigenvalue weighted by atomic mass is 10.4. The molecule has 10 heavy (non-hydrogen) atoms. The van der Waals surface area contributed by atoms with E-state index in [4.69, 9.17) is 17.3 Å². The first-order valence-electron chi connectivity index (χ1n) is 2.16. The molecule has 0 aliphatic carbocycles. The topological polar surface area (TPSA) is 38.9 Å². The second-order valence-corrected chi connectivity index (χ2v) is 1.74. The van der Waals surface area contributed by atoms with Crippen molar-refractivity contribution in [1.29, 1.82) is 0 Å². The van der Waals surface area contributed by atoms with E-state index in [0.29, 0.717) is 10.8 Å². The van der Waals surface area contributed by atoms with Gasteiger partial charge >= 0.3 is 0 Å². The molecule has 1 heterocycles. The fourth-order valence-corrected chi connectivity index (χ4v) is 0.518. The van der Waals surface area contributed by atoms with Gasteiger partial charge in [-0.05, 0) is 12.1 Å². The molecule has 2 N–H and O–H groups in total. The Morgan fingerprint density at radius 2 is 2.00 bits per heavy atom. The Balaban J connectivity index is 0. The van der Waals surface area contributed by atoms with Crippen molar-refractivity contribution in [3.05, 3.63) is 23.5 Å². The van der Waals surface area contributed by atoms with Crippen molar-refractivity contribution >= 4 is 42.1 Å². The summed E-state index contributed by atoms with van der Waals surface area (Å²) in [4.78, 5) is 3.72. The lowest BCUT2D eigenvalue weighted by molar-refractivity contribution is 1.33. The molecule has 58 valence electrons. The van der Waals surface area contributed by atoms with Crippen LogP contribution >= 0.6 is 36.4 Å². The van der Waals surface area contributed by atoms with Crippen LogP contribution in [0.5, 0.6) is 0 Å². The molecule has 0 aliphatic rings. The van der Waals surface area contributed by atoms with Crippen LogP contribution in [0.1, 0.15) is 0 Å². The summed E-state index contributed by atoms with van der Waals surface area (Å²) >= 11 is 5.47. The maximum absolute atomic E-state index is 5.47. The summed E-state index contributed by atoms with van der Waals surface area (Å²) in [5.41, 5.74) is 5.85. The van der Waals surface area contributed by atoms with Crippen LogP contribution in [0.15, 0.2) is 18.3 Å². The van der Waals surface area contributed by atoms with Crippen LogP contribution in [0.4, 0.5) is 5.69 Å². The molecule has 5 heteroatoms. The molecule has 0 saturated heterocycles. The SMILES string of the molecule is Cl.Cl.Nc1cccnc1Cl. The molecule has 0 amide bonds. The lowest BCUT2D eigenvalue weighted by Crippen LogP contribution is -1.85. The number of pyridine rings is 1. The number of nitrogen functional groups attached to an aromatic ring is 1. The summed E-state index contributed by atoms with van der Waals surface area (Å²) in [6.07, 6.45) is 1.60. The molecule has 0 unspecified atom stereocenters. The van der Waals surface area contributed by atoms with Crippen molar-refractivity contribution in [1.82, 2.24) is 4.98 Å². The molecule has 0 atom stereocenters. The largest absolute Gasteiger partial charge is 0.396 e. The third-order valence-corrected chi connectivity index (χ3v) is 1.10. The van der Waals surface area contributed by atoms with Crippen molar-refractivity contribution in [3.63, 3.8) is 0 Å². The van der Waals surface area contributed by atoms with E-state index in [1.807, 2.05) is 0 Å². The van der Waals surface area contributed by atoms with Crippen molar-refractivity contribution in [3.8, 4) is 0 Å². The number of aromatic nitrogens is 1. The van der Waals surface area contributed by atoms with Crippen LogP contribution in [0, 0.1) is 0 Å². The van der Waals surface area contributed by atoms with Crippen molar-refractivity contribution in [2.75, 3.05) is 5.73 Å². The number of hydrogen-bond acceptors (Lipinski definition) is 2. The van der Waals surface area contributed by atoms with Gasteiger partial charge in [0.2, 0.25) is 0 Å². The number of halogens is 3. The van der Waals surface area contributed by atoms with E-state index in [9.17, 15) is 0 Å². The average molecular weight is 201 g/mol. The van der Waals surface area contributed by atoms with E-state index in [0.717, 1.165) is 0 Å². The van der Waals surface area contributed by atoms with Crippen LogP contribution in [0.3, 0.4) is 0 Å². The number of hydrogen-bond donors (Lipinski definition) is 1. The number of rotatable bonds is 0. The van der Waals surface area contributed by atoms with Gasteiger partial charge in [-0.2, -0.15) is 0 Å². The number of anilines is 1. The van der Waals surface area contributed by atoms with E-state index in [1.165, 1.54) is 0 Å². The minimum Gasteiger partial charge on any atom is -0.396 e. The normalized spacial score (nSPS) is 7.30. The molecule has 1 aromatic heterocycles. The Morgan fingerprint density at radius 3 is 2.30 bits per heavy atom. The Bertz CT molecular complexity index is 171. The zero-order chi connectivity index (χ0) is 5.98. The maximum atomic E-state index is 5.47. The molecule has 0 spiro atoms. The van der Waals surface area contributed by atoms with Crippen LogP contribution in [0.2, 0.25) is 5.15 Å². The minimum atomic E-state index is 0. The molecule has 2 nitrogen and oxygen atoms in total. The quantitative estimate of drug-likeness (QED) is 0.654. The molecule has 0 bridgehead atoms. The molecule has 1 aromatic rings. The predicted octanol–water partition coefficient (Wildman–Crippen LogP) is 2.16. The molecule has 0 fully saturated rings. The summed E-state index contributed by atoms with van der Waals surface area (Å²) in [6, 6.07) is 3.44. The lowest BCUT2D eigenvalue weighted by Gasteiger charge is -1.90. The third-order valence-electron chi connectivity index (χ3n) is 0.788. The smallest absolute Gasteiger partial charge is 0.151 e. The molecule has 0 aliphatic heterocycles. The molecule has 1 rings (SSSR count). The zero-order valence-electron chi connectivity index (χ0n) is 4.95. The Hall–Kier alpha value is -0.180. The first-order chi connectivity index (χ1) is 3.80.